The highest BCUT2D eigenvalue weighted by atomic mass is 15.1. The molecule has 0 atom stereocenters. The predicted molar refractivity (Wildman–Crippen MR) is 373 cm³/mol. The molecule has 0 unspecified atom stereocenters. The molecule has 0 saturated carbocycles. The van der Waals surface area contributed by atoms with Gasteiger partial charge in [0, 0.05) is 21.9 Å². The fourth-order valence-corrected chi connectivity index (χ4v) is 16.2. The normalized spacial score (nSPS) is 13.5. The molecule has 0 radical (unpaired) electrons. The van der Waals surface area contributed by atoms with E-state index in [9.17, 15) is 0 Å². The van der Waals surface area contributed by atoms with Gasteiger partial charge in [0.2, 0.25) is 0 Å². The quantitative estimate of drug-likeness (QED) is 0.0649. The van der Waals surface area contributed by atoms with Gasteiger partial charge in [0.25, 0.3) is 0 Å². The number of benzene rings is 13. The summed E-state index contributed by atoms with van der Waals surface area (Å²) < 4.78 is 0. The maximum Gasteiger partial charge on any atom is 0.0713 e. The molecule has 0 spiro atoms. The first-order chi connectivity index (χ1) is 42.9. The van der Waals surface area contributed by atoms with E-state index in [0.29, 0.717) is 0 Å². The van der Waals surface area contributed by atoms with E-state index in [1.54, 1.807) is 0 Å². The highest BCUT2D eigenvalue weighted by molar-refractivity contribution is 6.23. The Bertz CT molecular complexity index is 4560. The number of fused-ring (bicyclic) bond motifs is 10. The summed E-state index contributed by atoms with van der Waals surface area (Å²) in [4.78, 5) is 2.60. The molecule has 2 aliphatic rings. The highest BCUT2D eigenvalue weighted by Crippen LogP contribution is 2.61. The smallest absolute Gasteiger partial charge is 0.0713 e. The summed E-state index contributed by atoms with van der Waals surface area (Å²) in [6, 6.07) is 100. The van der Waals surface area contributed by atoms with Gasteiger partial charge < -0.3 is 4.90 Å². The molecule has 0 amide bonds. The summed E-state index contributed by atoms with van der Waals surface area (Å²) in [5, 5.41) is 10.2. The lowest BCUT2D eigenvalue weighted by molar-refractivity contribution is 0.401. The maximum absolute atomic E-state index is 2.69. The second-order valence-corrected chi connectivity index (χ2v) is 25.0. The average Bonchev–Trinajstić information content (AvgIpc) is 1.63. The Morgan fingerprint density at radius 2 is 0.747 bits per heavy atom. The summed E-state index contributed by atoms with van der Waals surface area (Å²) in [7, 11) is 0. The lowest BCUT2D eigenvalue weighted by atomic mass is 9.67. The van der Waals surface area contributed by atoms with Gasteiger partial charge in [-0.25, -0.2) is 0 Å². The van der Waals surface area contributed by atoms with Gasteiger partial charge in [-0.3, -0.25) is 0 Å². The number of unbranched alkanes of at least 4 members (excludes halogenated alkanes) is 6. The number of hydrogen-bond donors (Lipinski definition) is 0. The van der Waals surface area contributed by atoms with Gasteiger partial charge in [0.15, 0.2) is 0 Å². The SMILES string of the molecule is CCCCCCC1(CCCCCC)c2cc(-c3c4ccccc4c(-c4cccc5c4-c4ccccc4C5(c4ccccc4)c4ccccc4)c4ccccc34)ccc2-c2ccc(N(c3ccc(C)c4ccccc34)c3ccc(C)c4ccccc34)cc21. The summed E-state index contributed by atoms with van der Waals surface area (Å²) in [5.74, 6) is 0. The monoisotopic (exact) mass is 1120 g/mol. The van der Waals surface area contributed by atoms with Crippen LogP contribution in [0.2, 0.25) is 0 Å². The van der Waals surface area contributed by atoms with Crippen molar-refractivity contribution in [2.24, 2.45) is 0 Å². The first-order valence-corrected chi connectivity index (χ1v) is 32.3. The molecule has 15 rings (SSSR count). The number of rotatable bonds is 17. The first-order valence-electron chi connectivity index (χ1n) is 32.3. The van der Waals surface area contributed by atoms with Crippen LogP contribution in [0.5, 0.6) is 0 Å². The Labute approximate surface area is 514 Å². The molecular weight excluding hydrogens is 1050 g/mol. The van der Waals surface area contributed by atoms with E-state index in [2.05, 4.69) is 293 Å². The van der Waals surface area contributed by atoms with Crippen LogP contribution in [-0.4, -0.2) is 0 Å². The van der Waals surface area contributed by atoms with Gasteiger partial charge in [0.05, 0.1) is 16.8 Å². The van der Waals surface area contributed by atoms with E-state index in [1.807, 2.05) is 0 Å². The fraction of sp³-hybridized carbons (Fsp3) is 0.186. The zero-order valence-corrected chi connectivity index (χ0v) is 50.8. The Balaban J connectivity index is 0.951. The molecule has 0 aliphatic heterocycles. The number of nitrogens with zero attached hydrogens (tertiary/aromatic N) is 1. The molecule has 13 aromatic rings. The minimum Gasteiger partial charge on any atom is -0.309 e. The van der Waals surface area contributed by atoms with Crippen molar-refractivity contribution >= 4 is 60.2 Å². The average molecular weight is 1120 g/mol. The molecule has 0 fully saturated rings. The van der Waals surface area contributed by atoms with Gasteiger partial charge in [-0.05, 0) is 178 Å². The van der Waals surface area contributed by atoms with Crippen molar-refractivity contribution < 1.29 is 0 Å². The van der Waals surface area contributed by atoms with Crippen LogP contribution in [-0.2, 0) is 10.8 Å². The van der Waals surface area contributed by atoms with Crippen LogP contribution in [0, 0.1) is 13.8 Å². The van der Waals surface area contributed by atoms with Crippen molar-refractivity contribution in [1.29, 1.82) is 0 Å². The molecule has 1 nitrogen and oxygen atoms in total. The largest absolute Gasteiger partial charge is 0.309 e. The van der Waals surface area contributed by atoms with Gasteiger partial charge in [-0.15, -0.1) is 0 Å². The van der Waals surface area contributed by atoms with E-state index >= 15 is 0 Å². The van der Waals surface area contributed by atoms with Crippen molar-refractivity contribution in [3.63, 3.8) is 0 Å². The van der Waals surface area contributed by atoms with Crippen molar-refractivity contribution in [3.8, 4) is 44.5 Å². The molecule has 0 bridgehead atoms. The fourth-order valence-electron chi connectivity index (χ4n) is 16.2. The van der Waals surface area contributed by atoms with Gasteiger partial charge >= 0.3 is 0 Å². The Morgan fingerprint density at radius 3 is 1.30 bits per heavy atom. The highest BCUT2D eigenvalue weighted by Gasteiger charge is 2.47. The summed E-state index contributed by atoms with van der Waals surface area (Å²) in [5.41, 5.74) is 24.3. The lowest BCUT2D eigenvalue weighted by Crippen LogP contribution is -2.28. The minimum atomic E-state index is -0.499. The molecule has 0 N–H and O–H groups in total. The van der Waals surface area contributed by atoms with Crippen LogP contribution in [0.1, 0.15) is 123 Å². The molecule has 0 aromatic heterocycles. The van der Waals surface area contributed by atoms with E-state index < -0.39 is 5.41 Å². The van der Waals surface area contributed by atoms with Crippen LogP contribution in [0.25, 0.3) is 87.6 Å². The van der Waals surface area contributed by atoms with Crippen LogP contribution < -0.4 is 4.90 Å². The molecule has 2 aliphatic carbocycles. The van der Waals surface area contributed by atoms with E-state index in [-0.39, 0.29) is 5.41 Å². The third-order valence-corrected chi connectivity index (χ3v) is 20.2. The van der Waals surface area contributed by atoms with Crippen molar-refractivity contribution in [3.05, 3.63) is 305 Å². The molecule has 1 heteroatoms. The second-order valence-electron chi connectivity index (χ2n) is 25.0. The minimum absolute atomic E-state index is 0.192. The van der Waals surface area contributed by atoms with Crippen molar-refractivity contribution in [2.45, 2.75) is 103 Å². The van der Waals surface area contributed by atoms with Crippen LogP contribution in [0.3, 0.4) is 0 Å². The third-order valence-electron chi connectivity index (χ3n) is 20.2. The summed E-state index contributed by atoms with van der Waals surface area (Å²) >= 11 is 0. The van der Waals surface area contributed by atoms with Crippen molar-refractivity contribution in [1.82, 2.24) is 0 Å². The zero-order valence-electron chi connectivity index (χ0n) is 50.8. The standard InChI is InChI=1S/C86H75N/c1-5-7-9-27-54-85(55-28-10-8-6-2)78-56-60(48-50-66(78)67-51-49-63(57-79(67)85)87(80-52-46-58(3)64-34-17-19-36-68(64)80)81-53-47-59(4)65-35-18-20-37-69(65)81)82-70-38-21-23-40-72(70)83(73-41-24-22-39-71(73)82)75-43-29-45-77-84(75)74-42-25-26-44-76(74)86(77,61-30-13-11-14-31-61)62-32-15-12-16-33-62/h11-26,29-53,56-57H,5-10,27-28,54-55H2,1-4H3. The third kappa shape index (κ3) is 8.71. The second kappa shape index (κ2) is 22.5. The summed E-state index contributed by atoms with van der Waals surface area (Å²) in [6.07, 6.45) is 12.0. The number of anilines is 3. The predicted octanol–water partition coefficient (Wildman–Crippen LogP) is 24.3. The molecule has 424 valence electrons. The van der Waals surface area contributed by atoms with Gasteiger partial charge in [0.1, 0.15) is 0 Å². The Kier molecular flexibility index (Phi) is 14.1. The molecule has 0 saturated heterocycles. The molecular formula is C86H75N. The van der Waals surface area contributed by atoms with E-state index in [4.69, 9.17) is 0 Å². The van der Waals surface area contributed by atoms with Crippen molar-refractivity contribution in [2.75, 3.05) is 4.90 Å². The molecule has 87 heavy (non-hydrogen) atoms. The Morgan fingerprint density at radius 1 is 0.299 bits per heavy atom. The number of hydrogen-bond acceptors (Lipinski definition) is 1. The maximum atomic E-state index is 2.69. The van der Waals surface area contributed by atoms with E-state index in [0.717, 1.165) is 12.8 Å². The molecule has 13 aromatic carbocycles. The van der Waals surface area contributed by atoms with Crippen LogP contribution in [0.15, 0.2) is 261 Å². The lowest BCUT2D eigenvalue weighted by Gasteiger charge is -2.35. The topological polar surface area (TPSA) is 3.24 Å². The van der Waals surface area contributed by atoms with Crippen LogP contribution >= 0.6 is 0 Å². The zero-order chi connectivity index (χ0) is 58.6. The first kappa shape index (κ1) is 54.4. The van der Waals surface area contributed by atoms with Gasteiger partial charge in [-0.2, -0.15) is 0 Å². The summed E-state index contributed by atoms with van der Waals surface area (Å²) in [6.45, 7) is 9.20. The molecule has 0 heterocycles. The Hall–Kier alpha value is -9.30. The number of aryl methyl sites for hydroxylation is 2. The van der Waals surface area contributed by atoms with E-state index in [1.165, 1.54) is 201 Å². The van der Waals surface area contributed by atoms with Gasteiger partial charge in [-0.1, -0.05) is 296 Å². The van der Waals surface area contributed by atoms with Crippen LogP contribution in [0.4, 0.5) is 17.1 Å².